The number of hydrogen-bond donors (Lipinski definition) is 2. The Labute approximate surface area is 158 Å². The summed E-state index contributed by atoms with van der Waals surface area (Å²) in [6, 6.07) is 6.12. The number of ether oxygens (including phenoxy) is 2. The van der Waals surface area contributed by atoms with Crippen LogP contribution in [-0.2, 0) is 6.54 Å². The van der Waals surface area contributed by atoms with Crippen LogP contribution < -0.4 is 20.1 Å². The van der Waals surface area contributed by atoms with Crippen LogP contribution in [0.2, 0.25) is 0 Å². The highest BCUT2D eigenvalue weighted by molar-refractivity contribution is 5.42. The van der Waals surface area contributed by atoms with E-state index >= 15 is 0 Å². The molecule has 4 nitrogen and oxygen atoms in total. The predicted molar refractivity (Wildman–Crippen MR) is 105 cm³/mol. The summed E-state index contributed by atoms with van der Waals surface area (Å²) in [6.45, 7) is 4.14. The Morgan fingerprint density at radius 1 is 0.885 bits per heavy atom. The van der Waals surface area contributed by atoms with Crippen LogP contribution in [0.25, 0.3) is 0 Å². The molecule has 0 spiro atoms. The van der Waals surface area contributed by atoms with E-state index in [9.17, 15) is 0 Å². The van der Waals surface area contributed by atoms with Crippen molar-refractivity contribution in [3.05, 3.63) is 23.8 Å². The lowest BCUT2D eigenvalue weighted by molar-refractivity contribution is -0.0511. The molecule has 0 unspecified atom stereocenters. The van der Waals surface area contributed by atoms with E-state index in [1.54, 1.807) is 14.2 Å². The molecule has 4 bridgehead atoms. The van der Waals surface area contributed by atoms with E-state index in [0.29, 0.717) is 5.41 Å². The first-order chi connectivity index (χ1) is 12.7. The monoisotopic (exact) mass is 358 g/mol. The normalized spacial score (nSPS) is 32.0. The molecule has 0 atom stereocenters. The van der Waals surface area contributed by atoms with Gasteiger partial charge in [-0.05, 0) is 79.4 Å². The molecule has 4 heteroatoms. The average Bonchev–Trinajstić information content (AvgIpc) is 2.63. The van der Waals surface area contributed by atoms with E-state index in [4.69, 9.17) is 9.47 Å². The van der Waals surface area contributed by atoms with Gasteiger partial charge in [-0.2, -0.15) is 0 Å². The minimum absolute atomic E-state index is 0.637. The van der Waals surface area contributed by atoms with E-state index in [1.807, 2.05) is 6.07 Å². The fourth-order valence-corrected chi connectivity index (χ4v) is 6.26. The third-order valence-corrected chi connectivity index (χ3v) is 6.92. The summed E-state index contributed by atoms with van der Waals surface area (Å²) in [5.41, 5.74) is 1.86. The van der Waals surface area contributed by atoms with Crippen LogP contribution in [0, 0.1) is 23.2 Å². The lowest BCUT2D eigenvalue weighted by Crippen LogP contribution is -2.50. The van der Waals surface area contributed by atoms with Crippen molar-refractivity contribution in [1.82, 2.24) is 10.6 Å². The molecule has 4 fully saturated rings. The van der Waals surface area contributed by atoms with Gasteiger partial charge in [-0.1, -0.05) is 6.07 Å². The summed E-state index contributed by atoms with van der Waals surface area (Å²) in [6.07, 6.45) is 9.08. The van der Waals surface area contributed by atoms with Crippen molar-refractivity contribution in [1.29, 1.82) is 0 Å². The molecule has 0 heterocycles. The van der Waals surface area contributed by atoms with Crippen molar-refractivity contribution < 1.29 is 9.47 Å². The molecule has 144 valence electrons. The van der Waals surface area contributed by atoms with Gasteiger partial charge in [-0.15, -0.1) is 0 Å². The largest absolute Gasteiger partial charge is 0.493 e. The first-order valence-corrected chi connectivity index (χ1v) is 10.3. The molecule has 0 saturated heterocycles. The molecule has 0 aromatic heterocycles. The predicted octanol–water partition coefficient (Wildman–Crippen LogP) is 3.60. The average molecular weight is 359 g/mol. The lowest BCUT2D eigenvalue weighted by atomic mass is 9.49. The molecule has 4 aliphatic carbocycles. The molecule has 0 amide bonds. The highest BCUT2D eigenvalue weighted by Crippen LogP contribution is 2.59. The molecule has 26 heavy (non-hydrogen) atoms. The summed E-state index contributed by atoms with van der Waals surface area (Å²) in [5.74, 6) is 4.73. The van der Waals surface area contributed by atoms with Gasteiger partial charge >= 0.3 is 0 Å². The summed E-state index contributed by atoms with van der Waals surface area (Å²) in [5, 5.41) is 7.30. The van der Waals surface area contributed by atoms with Crippen LogP contribution in [0.3, 0.4) is 0 Å². The molecular weight excluding hydrogens is 324 g/mol. The number of rotatable bonds is 9. The van der Waals surface area contributed by atoms with Crippen LogP contribution >= 0.6 is 0 Å². The molecule has 4 aliphatic rings. The summed E-state index contributed by atoms with van der Waals surface area (Å²) < 4.78 is 10.7. The Kier molecular flexibility index (Phi) is 5.42. The first-order valence-electron chi connectivity index (χ1n) is 10.3. The molecule has 0 radical (unpaired) electrons. The van der Waals surface area contributed by atoms with Crippen molar-refractivity contribution in [3.8, 4) is 11.5 Å². The molecular formula is C22H34N2O2. The van der Waals surface area contributed by atoms with Crippen LogP contribution in [0.4, 0.5) is 0 Å². The van der Waals surface area contributed by atoms with Gasteiger partial charge in [-0.3, -0.25) is 0 Å². The van der Waals surface area contributed by atoms with Crippen LogP contribution in [-0.4, -0.2) is 33.9 Å². The molecule has 1 aromatic carbocycles. The smallest absolute Gasteiger partial charge is 0.161 e. The van der Waals surface area contributed by atoms with E-state index in [0.717, 1.165) is 48.9 Å². The Morgan fingerprint density at radius 2 is 1.50 bits per heavy atom. The number of nitrogens with one attached hydrogen (secondary N) is 2. The quantitative estimate of drug-likeness (QED) is 0.662. The second kappa shape index (κ2) is 7.77. The third kappa shape index (κ3) is 3.86. The summed E-state index contributed by atoms with van der Waals surface area (Å²) in [4.78, 5) is 0. The molecule has 2 N–H and O–H groups in total. The Balaban J connectivity index is 1.17. The topological polar surface area (TPSA) is 42.5 Å². The van der Waals surface area contributed by atoms with Crippen molar-refractivity contribution in [3.63, 3.8) is 0 Å². The second-order valence-corrected chi connectivity index (χ2v) is 8.96. The minimum atomic E-state index is 0.637. The maximum atomic E-state index is 5.37. The van der Waals surface area contributed by atoms with Crippen molar-refractivity contribution in [2.75, 3.05) is 33.9 Å². The Bertz CT molecular complexity index is 581. The van der Waals surface area contributed by atoms with E-state index in [1.165, 1.54) is 50.6 Å². The third-order valence-electron chi connectivity index (χ3n) is 6.92. The van der Waals surface area contributed by atoms with Gasteiger partial charge in [0.2, 0.25) is 0 Å². The molecule has 4 saturated carbocycles. The number of methoxy groups -OCH3 is 2. The van der Waals surface area contributed by atoms with Crippen molar-refractivity contribution in [2.24, 2.45) is 23.2 Å². The van der Waals surface area contributed by atoms with Crippen LogP contribution in [0.5, 0.6) is 11.5 Å². The first kappa shape index (κ1) is 18.1. The molecule has 0 aliphatic heterocycles. The molecule has 5 rings (SSSR count). The maximum Gasteiger partial charge on any atom is 0.161 e. The summed E-state index contributed by atoms with van der Waals surface area (Å²) >= 11 is 0. The fourth-order valence-electron chi connectivity index (χ4n) is 6.26. The number of benzene rings is 1. The van der Waals surface area contributed by atoms with E-state index in [-0.39, 0.29) is 0 Å². The van der Waals surface area contributed by atoms with Gasteiger partial charge in [0.1, 0.15) is 0 Å². The van der Waals surface area contributed by atoms with Crippen LogP contribution in [0.1, 0.15) is 44.1 Å². The lowest BCUT2D eigenvalue weighted by Gasteiger charge is -2.57. The Hall–Kier alpha value is -1.26. The highest BCUT2D eigenvalue weighted by atomic mass is 16.5. The zero-order valence-corrected chi connectivity index (χ0v) is 16.4. The fraction of sp³-hybridized carbons (Fsp3) is 0.727. The number of hydrogen-bond acceptors (Lipinski definition) is 4. The van der Waals surface area contributed by atoms with Gasteiger partial charge < -0.3 is 20.1 Å². The zero-order valence-electron chi connectivity index (χ0n) is 16.4. The summed E-state index contributed by atoms with van der Waals surface area (Å²) in [7, 11) is 3.36. The zero-order chi connectivity index (χ0) is 18.0. The maximum absolute atomic E-state index is 5.37. The van der Waals surface area contributed by atoms with Gasteiger partial charge in [0.25, 0.3) is 0 Å². The second-order valence-electron chi connectivity index (χ2n) is 8.96. The standard InChI is InChI=1S/C22H34N2O2/c1-25-20-4-3-16(10-21(20)26-2)14-23-5-6-24-15-22-11-17-7-18(12-22)9-19(8-17)13-22/h3-4,10,17-19,23-24H,5-9,11-15H2,1-2H3. The Morgan fingerprint density at radius 3 is 2.12 bits per heavy atom. The minimum Gasteiger partial charge on any atom is -0.493 e. The SMILES string of the molecule is COc1ccc(CNCCNCC23CC4CC(CC(C4)C2)C3)cc1OC. The van der Waals surface area contributed by atoms with E-state index < -0.39 is 0 Å². The van der Waals surface area contributed by atoms with Crippen LogP contribution in [0.15, 0.2) is 18.2 Å². The van der Waals surface area contributed by atoms with Gasteiger partial charge in [-0.25, -0.2) is 0 Å². The van der Waals surface area contributed by atoms with Crippen molar-refractivity contribution >= 4 is 0 Å². The highest BCUT2D eigenvalue weighted by Gasteiger charge is 2.50. The van der Waals surface area contributed by atoms with Gasteiger partial charge in [0.05, 0.1) is 14.2 Å². The van der Waals surface area contributed by atoms with Crippen molar-refractivity contribution in [2.45, 2.75) is 45.1 Å². The van der Waals surface area contributed by atoms with Gasteiger partial charge in [0, 0.05) is 26.2 Å². The van der Waals surface area contributed by atoms with Gasteiger partial charge in [0.15, 0.2) is 11.5 Å². The molecule has 1 aromatic rings. The van der Waals surface area contributed by atoms with E-state index in [2.05, 4.69) is 22.8 Å².